The first kappa shape index (κ1) is 14.6. The van der Waals surface area contributed by atoms with Crippen LogP contribution in [0.3, 0.4) is 0 Å². The van der Waals surface area contributed by atoms with Gasteiger partial charge < -0.3 is 9.47 Å². The van der Waals surface area contributed by atoms with Crippen molar-refractivity contribution in [3.05, 3.63) is 17.5 Å². The molecule has 1 aliphatic rings. The summed E-state index contributed by atoms with van der Waals surface area (Å²) in [6.45, 7) is 10.8. The van der Waals surface area contributed by atoms with Gasteiger partial charge in [-0.2, -0.15) is 5.26 Å². The monoisotopic (exact) mass is 274 g/mol. The number of rotatable bonds is 3. The zero-order chi connectivity index (χ0) is 15.1. The van der Waals surface area contributed by atoms with Crippen LogP contribution in [0.2, 0.25) is 0 Å². The lowest BCUT2D eigenvalue weighted by atomic mass is 9.53. The summed E-state index contributed by atoms with van der Waals surface area (Å²) in [5.41, 5.74) is 1.43. The van der Waals surface area contributed by atoms with Crippen molar-refractivity contribution in [1.82, 2.24) is 4.98 Å². The van der Waals surface area contributed by atoms with Crippen LogP contribution in [0.25, 0.3) is 0 Å². The molecule has 2 rings (SSSR count). The SMILES string of the molecule is COc1c(C#N)ncc(OC2C(C)(C)CC2(C)C)c1C. The molecule has 0 bridgehead atoms. The summed E-state index contributed by atoms with van der Waals surface area (Å²) in [5, 5.41) is 9.04. The third-order valence-corrected chi connectivity index (χ3v) is 4.12. The molecule has 0 spiro atoms. The van der Waals surface area contributed by atoms with E-state index in [2.05, 4.69) is 32.7 Å². The lowest BCUT2D eigenvalue weighted by Crippen LogP contribution is -2.58. The highest BCUT2D eigenvalue weighted by atomic mass is 16.5. The number of pyridine rings is 1. The van der Waals surface area contributed by atoms with Gasteiger partial charge in [-0.1, -0.05) is 27.7 Å². The van der Waals surface area contributed by atoms with E-state index in [1.807, 2.05) is 13.0 Å². The maximum atomic E-state index is 9.04. The van der Waals surface area contributed by atoms with Gasteiger partial charge in [0.2, 0.25) is 0 Å². The number of aromatic nitrogens is 1. The molecule has 1 fully saturated rings. The maximum absolute atomic E-state index is 9.04. The van der Waals surface area contributed by atoms with Gasteiger partial charge >= 0.3 is 0 Å². The minimum absolute atomic E-state index is 0.133. The zero-order valence-corrected chi connectivity index (χ0v) is 13.1. The van der Waals surface area contributed by atoms with Crippen molar-refractivity contribution in [2.75, 3.05) is 7.11 Å². The molecule has 0 radical (unpaired) electrons. The van der Waals surface area contributed by atoms with Gasteiger partial charge in [-0.05, 0) is 13.3 Å². The average molecular weight is 274 g/mol. The Hall–Kier alpha value is -1.76. The molecule has 0 N–H and O–H groups in total. The summed E-state index contributed by atoms with van der Waals surface area (Å²) in [6.07, 6.45) is 2.89. The number of nitrogens with zero attached hydrogens (tertiary/aromatic N) is 2. The summed E-state index contributed by atoms with van der Waals surface area (Å²) in [5.74, 6) is 1.20. The Bertz CT molecular complexity index is 557. The second kappa shape index (κ2) is 4.66. The summed E-state index contributed by atoms with van der Waals surface area (Å²) in [7, 11) is 1.55. The van der Waals surface area contributed by atoms with E-state index in [0.717, 1.165) is 12.0 Å². The standard InChI is InChI=1S/C16H22N2O2/c1-10-12(8-18-11(7-17)13(10)19-6)20-14-15(2,3)9-16(14,4)5/h8,14H,9H2,1-6H3. The molecule has 108 valence electrons. The molecule has 0 aromatic carbocycles. The van der Waals surface area contributed by atoms with Gasteiger partial charge in [0, 0.05) is 16.4 Å². The van der Waals surface area contributed by atoms with Crippen molar-refractivity contribution < 1.29 is 9.47 Å². The fourth-order valence-electron chi connectivity index (χ4n) is 3.75. The van der Waals surface area contributed by atoms with E-state index in [4.69, 9.17) is 14.7 Å². The maximum Gasteiger partial charge on any atom is 0.183 e. The van der Waals surface area contributed by atoms with Crippen molar-refractivity contribution >= 4 is 0 Å². The Kier molecular flexibility index (Phi) is 3.41. The van der Waals surface area contributed by atoms with Crippen molar-refractivity contribution in [2.24, 2.45) is 10.8 Å². The number of hydrogen-bond donors (Lipinski definition) is 0. The van der Waals surface area contributed by atoms with E-state index in [0.29, 0.717) is 17.2 Å². The second-order valence-electron chi connectivity index (χ2n) is 6.89. The third-order valence-electron chi connectivity index (χ3n) is 4.12. The predicted molar refractivity (Wildman–Crippen MR) is 76.8 cm³/mol. The Morgan fingerprint density at radius 1 is 1.30 bits per heavy atom. The molecule has 0 unspecified atom stereocenters. The highest BCUT2D eigenvalue weighted by Crippen LogP contribution is 2.55. The minimum Gasteiger partial charge on any atom is -0.493 e. The Morgan fingerprint density at radius 2 is 1.90 bits per heavy atom. The number of hydrogen-bond acceptors (Lipinski definition) is 4. The lowest BCUT2D eigenvalue weighted by molar-refractivity contribution is -0.134. The fraction of sp³-hybridized carbons (Fsp3) is 0.625. The predicted octanol–water partition coefficient (Wildman–Crippen LogP) is 3.47. The van der Waals surface area contributed by atoms with Crippen LogP contribution in [0.4, 0.5) is 0 Å². The molecule has 1 aromatic heterocycles. The van der Waals surface area contributed by atoms with Crippen molar-refractivity contribution in [3.63, 3.8) is 0 Å². The van der Waals surface area contributed by atoms with E-state index in [1.165, 1.54) is 0 Å². The van der Waals surface area contributed by atoms with Crippen LogP contribution >= 0.6 is 0 Å². The van der Waals surface area contributed by atoms with Crippen LogP contribution in [0.5, 0.6) is 11.5 Å². The summed E-state index contributed by atoms with van der Waals surface area (Å²) >= 11 is 0. The Balaban J connectivity index is 2.34. The third kappa shape index (κ3) is 2.22. The van der Waals surface area contributed by atoms with Gasteiger partial charge in [-0.15, -0.1) is 0 Å². The van der Waals surface area contributed by atoms with E-state index in [-0.39, 0.29) is 16.9 Å². The highest BCUT2D eigenvalue weighted by molar-refractivity contribution is 5.49. The molecule has 0 atom stereocenters. The molecule has 1 heterocycles. The first-order valence-electron chi connectivity index (χ1n) is 6.83. The number of nitriles is 1. The summed E-state index contributed by atoms with van der Waals surface area (Å²) < 4.78 is 11.5. The minimum atomic E-state index is 0.133. The molecule has 0 saturated heterocycles. The quantitative estimate of drug-likeness (QED) is 0.846. The molecule has 0 aliphatic heterocycles. The molecular weight excluding hydrogens is 252 g/mol. The summed E-state index contributed by atoms with van der Waals surface area (Å²) in [6, 6.07) is 2.04. The van der Waals surface area contributed by atoms with Crippen LogP contribution in [-0.2, 0) is 0 Å². The number of ether oxygens (including phenoxy) is 2. The molecule has 1 aliphatic carbocycles. The zero-order valence-electron chi connectivity index (χ0n) is 13.1. The normalized spacial score (nSPS) is 19.9. The Morgan fingerprint density at radius 3 is 2.35 bits per heavy atom. The van der Waals surface area contributed by atoms with Gasteiger partial charge in [0.1, 0.15) is 17.9 Å². The van der Waals surface area contributed by atoms with Gasteiger partial charge in [0.15, 0.2) is 11.4 Å². The molecule has 1 saturated carbocycles. The first-order valence-corrected chi connectivity index (χ1v) is 6.83. The Labute approximate surface area is 120 Å². The molecule has 0 amide bonds. The van der Waals surface area contributed by atoms with E-state index >= 15 is 0 Å². The van der Waals surface area contributed by atoms with Gasteiger partial charge in [-0.3, -0.25) is 0 Å². The van der Waals surface area contributed by atoms with Crippen molar-refractivity contribution in [1.29, 1.82) is 5.26 Å². The fourth-order valence-corrected chi connectivity index (χ4v) is 3.75. The smallest absolute Gasteiger partial charge is 0.183 e. The van der Waals surface area contributed by atoms with E-state index in [9.17, 15) is 0 Å². The van der Waals surface area contributed by atoms with E-state index in [1.54, 1.807) is 13.3 Å². The van der Waals surface area contributed by atoms with Gasteiger partial charge in [0.25, 0.3) is 0 Å². The van der Waals surface area contributed by atoms with Crippen LogP contribution in [-0.4, -0.2) is 18.2 Å². The average Bonchev–Trinajstić information content (AvgIpc) is 2.35. The van der Waals surface area contributed by atoms with Crippen molar-refractivity contribution in [3.8, 4) is 17.6 Å². The van der Waals surface area contributed by atoms with Gasteiger partial charge in [0.05, 0.1) is 13.3 Å². The summed E-state index contributed by atoms with van der Waals surface area (Å²) in [4.78, 5) is 4.12. The largest absolute Gasteiger partial charge is 0.493 e. The highest BCUT2D eigenvalue weighted by Gasteiger charge is 2.55. The molecule has 20 heavy (non-hydrogen) atoms. The topological polar surface area (TPSA) is 55.1 Å². The first-order chi connectivity index (χ1) is 9.23. The van der Waals surface area contributed by atoms with Crippen LogP contribution in [0.1, 0.15) is 45.4 Å². The van der Waals surface area contributed by atoms with Crippen LogP contribution in [0, 0.1) is 29.1 Å². The molecule has 1 aromatic rings. The van der Waals surface area contributed by atoms with E-state index < -0.39 is 0 Å². The molecule has 4 heteroatoms. The van der Waals surface area contributed by atoms with Gasteiger partial charge in [-0.25, -0.2) is 4.98 Å². The van der Waals surface area contributed by atoms with Crippen LogP contribution in [0.15, 0.2) is 6.20 Å². The van der Waals surface area contributed by atoms with Crippen molar-refractivity contribution in [2.45, 2.75) is 47.1 Å². The second-order valence-corrected chi connectivity index (χ2v) is 6.89. The molecular formula is C16H22N2O2. The lowest BCUT2D eigenvalue weighted by Gasteiger charge is -2.56. The van der Waals surface area contributed by atoms with Crippen LogP contribution < -0.4 is 9.47 Å². The molecule has 4 nitrogen and oxygen atoms in total. The number of methoxy groups -OCH3 is 1.